The molecule has 0 bridgehead atoms. The van der Waals surface area contributed by atoms with E-state index in [1.165, 1.54) is 5.56 Å². The molecule has 0 spiro atoms. The van der Waals surface area contributed by atoms with E-state index in [-0.39, 0.29) is 24.0 Å². The second-order valence-corrected chi connectivity index (χ2v) is 5.12. The molecule has 2 atom stereocenters. The zero-order chi connectivity index (χ0) is 12.6. The minimum Gasteiger partial charge on any atom is -0.332 e. The zero-order valence-corrected chi connectivity index (χ0v) is 10.7. The summed E-state index contributed by atoms with van der Waals surface area (Å²) in [6, 6.07) is 8.44. The first-order valence-corrected chi connectivity index (χ1v) is 6.14. The van der Waals surface area contributed by atoms with Crippen molar-refractivity contribution in [1.29, 1.82) is 0 Å². The Morgan fingerprint density at radius 2 is 1.88 bits per heavy atom. The van der Waals surface area contributed by atoms with Gasteiger partial charge in [0.1, 0.15) is 0 Å². The summed E-state index contributed by atoms with van der Waals surface area (Å²) in [6.45, 7) is 6.14. The molecular formula is C14H20N2O. The average Bonchev–Trinajstić information content (AvgIpc) is 2.55. The Morgan fingerprint density at radius 3 is 2.41 bits per heavy atom. The van der Waals surface area contributed by atoms with Gasteiger partial charge in [-0.25, -0.2) is 0 Å². The van der Waals surface area contributed by atoms with Gasteiger partial charge < -0.3 is 10.6 Å². The lowest BCUT2D eigenvalue weighted by Crippen LogP contribution is -2.37. The van der Waals surface area contributed by atoms with Gasteiger partial charge in [-0.3, -0.25) is 4.79 Å². The summed E-state index contributed by atoms with van der Waals surface area (Å²) in [6.07, 6.45) is 0.455. The standard InChI is InChI=1S/C14H20N2O/c1-9(2)16-13(17)8-12(15)14(16)11-6-4-10(3)5-7-11/h4-7,9,12,14H,8,15H2,1-3H3/t12-,14+/m0/s1. The van der Waals surface area contributed by atoms with Crippen LogP contribution < -0.4 is 5.73 Å². The zero-order valence-electron chi connectivity index (χ0n) is 10.7. The van der Waals surface area contributed by atoms with E-state index >= 15 is 0 Å². The molecule has 1 aliphatic rings. The number of rotatable bonds is 2. The largest absolute Gasteiger partial charge is 0.332 e. The van der Waals surface area contributed by atoms with Gasteiger partial charge in [-0.2, -0.15) is 0 Å². The molecule has 1 aliphatic heterocycles. The van der Waals surface area contributed by atoms with Crippen LogP contribution >= 0.6 is 0 Å². The van der Waals surface area contributed by atoms with Crippen molar-refractivity contribution < 1.29 is 4.79 Å². The summed E-state index contributed by atoms with van der Waals surface area (Å²) in [4.78, 5) is 13.8. The lowest BCUT2D eigenvalue weighted by molar-refractivity contribution is -0.130. The first kappa shape index (κ1) is 12.1. The van der Waals surface area contributed by atoms with Gasteiger partial charge in [0.05, 0.1) is 6.04 Å². The number of benzene rings is 1. The molecule has 0 saturated carbocycles. The van der Waals surface area contributed by atoms with Crippen LogP contribution in [-0.2, 0) is 4.79 Å². The fourth-order valence-corrected chi connectivity index (χ4v) is 2.56. The highest BCUT2D eigenvalue weighted by atomic mass is 16.2. The first-order valence-electron chi connectivity index (χ1n) is 6.14. The summed E-state index contributed by atoms with van der Waals surface area (Å²) in [5.74, 6) is 0.165. The molecule has 92 valence electrons. The maximum atomic E-state index is 11.9. The highest BCUT2D eigenvalue weighted by Crippen LogP contribution is 2.33. The molecule has 17 heavy (non-hydrogen) atoms. The molecule has 1 aromatic carbocycles. The molecule has 2 rings (SSSR count). The fourth-order valence-electron chi connectivity index (χ4n) is 2.56. The van der Waals surface area contributed by atoms with Gasteiger partial charge in [0, 0.05) is 18.5 Å². The summed E-state index contributed by atoms with van der Waals surface area (Å²) in [5, 5.41) is 0. The summed E-state index contributed by atoms with van der Waals surface area (Å²) in [5.41, 5.74) is 8.47. The monoisotopic (exact) mass is 232 g/mol. The van der Waals surface area contributed by atoms with Crippen LogP contribution in [0.25, 0.3) is 0 Å². The maximum absolute atomic E-state index is 11.9. The van der Waals surface area contributed by atoms with Crippen molar-refractivity contribution in [3.8, 4) is 0 Å². The van der Waals surface area contributed by atoms with Crippen molar-refractivity contribution >= 4 is 5.91 Å². The van der Waals surface area contributed by atoms with Crippen LogP contribution in [0.3, 0.4) is 0 Å². The van der Waals surface area contributed by atoms with Crippen molar-refractivity contribution in [2.45, 2.75) is 45.3 Å². The Morgan fingerprint density at radius 1 is 1.29 bits per heavy atom. The molecule has 1 fully saturated rings. The van der Waals surface area contributed by atoms with Crippen molar-refractivity contribution in [1.82, 2.24) is 4.90 Å². The molecule has 1 amide bonds. The number of likely N-dealkylation sites (tertiary alicyclic amines) is 1. The number of aryl methyl sites for hydroxylation is 1. The van der Waals surface area contributed by atoms with Gasteiger partial charge in [0.15, 0.2) is 0 Å². The molecule has 1 aromatic rings. The summed E-state index contributed by atoms with van der Waals surface area (Å²) in [7, 11) is 0. The minimum atomic E-state index is -0.0902. The Labute approximate surface area is 103 Å². The molecule has 2 N–H and O–H groups in total. The van der Waals surface area contributed by atoms with Gasteiger partial charge in [-0.15, -0.1) is 0 Å². The van der Waals surface area contributed by atoms with Crippen LogP contribution in [0.5, 0.6) is 0 Å². The lowest BCUT2D eigenvalue weighted by Gasteiger charge is -2.30. The van der Waals surface area contributed by atoms with E-state index < -0.39 is 0 Å². The van der Waals surface area contributed by atoms with Crippen LogP contribution in [0.15, 0.2) is 24.3 Å². The Balaban J connectivity index is 2.34. The van der Waals surface area contributed by atoms with Crippen molar-refractivity contribution in [2.24, 2.45) is 5.73 Å². The molecule has 0 aliphatic carbocycles. The van der Waals surface area contributed by atoms with Crippen LogP contribution in [0, 0.1) is 6.92 Å². The number of nitrogens with two attached hydrogens (primary N) is 1. The Kier molecular flexibility index (Phi) is 3.20. The van der Waals surface area contributed by atoms with Crippen LogP contribution in [0.4, 0.5) is 0 Å². The van der Waals surface area contributed by atoms with Crippen LogP contribution in [-0.4, -0.2) is 22.9 Å². The van der Waals surface area contributed by atoms with Crippen LogP contribution in [0.2, 0.25) is 0 Å². The highest BCUT2D eigenvalue weighted by molar-refractivity contribution is 5.80. The Hall–Kier alpha value is -1.35. The van der Waals surface area contributed by atoms with Gasteiger partial charge in [-0.05, 0) is 26.3 Å². The predicted octanol–water partition coefficient (Wildman–Crippen LogP) is 2.00. The molecule has 1 heterocycles. The topological polar surface area (TPSA) is 46.3 Å². The second-order valence-electron chi connectivity index (χ2n) is 5.12. The average molecular weight is 232 g/mol. The number of nitrogens with zero attached hydrogens (tertiary/aromatic N) is 1. The molecule has 3 heteroatoms. The van der Waals surface area contributed by atoms with Gasteiger partial charge in [0.2, 0.25) is 5.91 Å². The normalized spacial score (nSPS) is 24.8. The van der Waals surface area contributed by atoms with E-state index in [9.17, 15) is 4.79 Å². The van der Waals surface area contributed by atoms with E-state index in [4.69, 9.17) is 5.73 Å². The van der Waals surface area contributed by atoms with Gasteiger partial charge in [-0.1, -0.05) is 29.8 Å². The van der Waals surface area contributed by atoms with E-state index in [0.29, 0.717) is 6.42 Å². The SMILES string of the molecule is Cc1ccc([C@@H]2[C@@H](N)CC(=O)N2C(C)C)cc1. The quantitative estimate of drug-likeness (QED) is 0.847. The molecule has 1 saturated heterocycles. The predicted molar refractivity (Wildman–Crippen MR) is 68.5 cm³/mol. The fraction of sp³-hybridized carbons (Fsp3) is 0.500. The number of amides is 1. The molecule has 0 radical (unpaired) electrons. The van der Waals surface area contributed by atoms with Crippen molar-refractivity contribution in [2.75, 3.05) is 0 Å². The van der Waals surface area contributed by atoms with E-state index in [0.717, 1.165) is 5.56 Å². The number of carbonyl (C=O) groups is 1. The summed E-state index contributed by atoms with van der Waals surface area (Å²) >= 11 is 0. The smallest absolute Gasteiger partial charge is 0.225 e. The third-order valence-electron chi connectivity index (χ3n) is 3.38. The maximum Gasteiger partial charge on any atom is 0.225 e. The minimum absolute atomic E-state index is 0.0306. The van der Waals surface area contributed by atoms with Gasteiger partial charge >= 0.3 is 0 Å². The van der Waals surface area contributed by atoms with Gasteiger partial charge in [0.25, 0.3) is 0 Å². The number of carbonyl (C=O) groups excluding carboxylic acids is 1. The molecular weight excluding hydrogens is 212 g/mol. The molecule has 0 aromatic heterocycles. The third-order valence-corrected chi connectivity index (χ3v) is 3.38. The highest BCUT2D eigenvalue weighted by Gasteiger charge is 2.39. The molecule has 0 unspecified atom stereocenters. The van der Waals surface area contributed by atoms with E-state index in [2.05, 4.69) is 31.2 Å². The van der Waals surface area contributed by atoms with Crippen molar-refractivity contribution in [3.63, 3.8) is 0 Å². The Bertz CT molecular complexity index is 411. The van der Waals surface area contributed by atoms with Crippen molar-refractivity contribution in [3.05, 3.63) is 35.4 Å². The third kappa shape index (κ3) is 2.20. The molecule has 3 nitrogen and oxygen atoms in total. The van der Waals surface area contributed by atoms with E-state index in [1.807, 2.05) is 18.7 Å². The van der Waals surface area contributed by atoms with E-state index in [1.54, 1.807) is 0 Å². The summed E-state index contributed by atoms with van der Waals surface area (Å²) < 4.78 is 0. The second kappa shape index (κ2) is 4.49. The number of hydrogen-bond acceptors (Lipinski definition) is 2. The number of hydrogen-bond donors (Lipinski definition) is 1. The lowest BCUT2D eigenvalue weighted by atomic mass is 9.99. The first-order chi connectivity index (χ1) is 8.00. The van der Waals surface area contributed by atoms with Crippen LogP contribution in [0.1, 0.15) is 37.4 Å².